The molecule has 5 nitrogen and oxygen atoms in total. The lowest BCUT2D eigenvalue weighted by molar-refractivity contribution is -0.124. The molecule has 2 aromatic carbocycles. The van der Waals surface area contributed by atoms with Gasteiger partial charge in [-0.2, -0.15) is 0 Å². The van der Waals surface area contributed by atoms with Gasteiger partial charge in [-0.05, 0) is 80.6 Å². The summed E-state index contributed by atoms with van der Waals surface area (Å²) < 4.78 is 0. The molecule has 2 unspecified atom stereocenters. The molecule has 0 saturated heterocycles. The molecule has 5 rings (SSSR count). The van der Waals surface area contributed by atoms with Crippen LogP contribution in [0.25, 0.3) is 0 Å². The zero-order chi connectivity index (χ0) is 26.9. The minimum atomic E-state index is -0.333. The van der Waals surface area contributed by atoms with Crippen LogP contribution in [0.2, 0.25) is 0 Å². The second kappa shape index (κ2) is 11.2. The minimum Gasteiger partial charge on any atom is -0.372 e. The fourth-order valence-electron chi connectivity index (χ4n) is 6.65. The lowest BCUT2D eigenvalue weighted by Crippen LogP contribution is -2.51. The van der Waals surface area contributed by atoms with Crippen molar-refractivity contribution in [1.29, 1.82) is 0 Å². The van der Waals surface area contributed by atoms with Crippen LogP contribution in [0.15, 0.2) is 53.5 Å². The molecule has 1 aliphatic heterocycles. The van der Waals surface area contributed by atoms with E-state index in [9.17, 15) is 4.79 Å². The van der Waals surface area contributed by atoms with Crippen molar-refractivity contribution in [3.63, 3.8) is 0 Å². The number of nitrogens with zero attached hydrogens (tertiary/aromatic N) is 3. The summed E-state index contributed by atoms with van der Waals surface area (Å²) in [5.41, 5.74) is 5.07. The fourth-order valence-corrected chi connectivity index (χ4v) is 7.03. The zero-order valence-corrected chi connectivity index (χ0v) is 24.2. The van der Waals surface area contributed by atoms with Crippen molar-refractivity contribution in [3.05, 3.63) is 54.1 Å². The number of fused-ring (bicyclic) bond motifs is 2. The number of nitrogens with one attached hydrogen (secondary N) is 1. The van der Waals surface area contributed by atoms with Crippen LogP contribution < -0.4 is 15.1 Å². The molecule has 1 N–H and O–H groups in total. The van der Waals surface area contributed by atoms with Crippen LogP contribution in [0, 0.1) is 11.3 Å². The van der Waals surface area contributed by atoms with Crippen LogP contribution in [0.5, 0.6) is 0 Å². The highest BCUT2D eigenvalue weighted by atomic mass is 32.1. The Bertz CT molecular complexity index is 1190. The zero-order valence-electron chi connectivity index (χ0n) is 23.4. The molecular formula is C32H42N4OS. The minimum absolute atomic E-state index is 0.103. The van der Waals surface area contributed by atoms with Crippen molar-refractivity contribution < 1.29 is 4.79 Å². The van der Waals surface area contributed by atoms with Crippen molar-refractivity contribution in [1.82, 2.24) is 5.32 Å². The number of aliphatic imine (C=N–C) groups is 1. The molecule has 2 atom stereocenters. The maximum atomic E-state index is 14.0. The van der Waals surface area contributed by atoms with E-state index in [1.54, 1.807) is 0 Å². The second-order valence-electron chi connectivity index (χ2n) is 11.9. The van der Waals surface area contributed by atoms with Crippen LogP contribution in [-0.4, -0.2) is 35.7 Å². The van der Waals surface area contributed by atoms with E-state index in [0.717, 1.165) is 55.0 Å². The number of ketones is 1. The normalized spacial score (nSPS) is 23.1. The van der Waals surface area contributed by atoms with E-state index in [-0.39, 0.29) is 23.2 Å². The number of carbonyl (C=O) groups is 1. The Morgan fingerprint density at radius 2 is 1.71 bits per heavy atom. The first-order valence-corrected chi connectivity index (χ1v) is 14.9. The molecule has 0 spiro atoms. The maximum absolute atomic E-state index is 14.0. The highest BCUT2D eigenvalue weighted by molar-refractivity contribution is 7.80. The number of hydrogen-bond acceptors (Lipinski definition) is 4. The van der Waals surface area contributed by atoms with Crippen LogP contribution >= 0.6 is 12.2 Å². The Hall–Kier alpha value is -2.73. The van der Waals surface area contributed by atoms with Crippen molar-refractivity contribution in [2.45, 2.75) is 84.7 Å². The predicted octanol–water partition coefficient (Wildman–Crippen LogP) is 7.38. The number of rotatable bonds is 5. The number of carbonyl (C=O) groups excluding carboxylic acids is 1. The summed E-state index contributed by atoms with van der Waals surface area (Å²) in [5.74, 6) is -0.0723. The van der Waals surface area contributed by atoms with Crippen LogP contribution in [0.4, 0.5) is 17.1 Å². The quantitative estimate of drug-likeness (QED) is 0.409. The van der Waals surface area contributed by atoms with E-state index in [1.807, 2.05) is 6.07 Å². The van der Waals surface area contributed by atoms with Gasteiger partial charge in [0.25, 0.3) is 0 Å². The number of anilines is 2. The predicted molar refractivity (Wildman–Crippen MR) is 163 cm³/mol. The number of thiocarbonyl (C=S) groups is 1. The molecule has 2 aromatic rings. The molecule has 0 aromatic heterocycles. The van der Waals surface area contributed by atoms with Gasteiger partial charge >= 0.3 is 0 Å². The molecule has 0 bridgehead atoms. The van der Waals surface area contributed by atoms with Gasteiger partial charge in [0.1, 0.15) is 5.78 Å². The van der Waals surface area contributed by atoms with Gasteiger partial charge in [0, 0.05) is 37.0 Å². The third-order valence-corrected chi connectivity index (χ3v) is 8.85. The largest absolute Gasteiger partial charge is 0.372 e. The molecule has 0 radical (unpaired) electrons. The number of Topliss-reactive ketones (excluding diaryl/α,β-unsaturated/α-hetero) is 1. The highest BCUT2D eigenvalue weighted by Crippen LogP contribution is 2.48. The van der Waals surface area contributed by atoms with Crippen molar-refractivity contribution in [2.24, 2.45) is 16.3 Å². The van der Waals surface area contributed by atoms with E-state index in [4.69, 9.17) is 17.2 Å². The van der Waals surface area contributed by atoms with E-state index in [1.165, 1.54) is 24.9 Å². The smallest absolute Gasteiger partial charge is 0.174 e. The van der Waals surface area contributed by atoms with Crippen molar-refractivity contribution >= 4 is 45.9 Å². The van der Waals surface area contributed by atoms with E-state index in [2.05, 4.69) is 85.3 Å². The Labute approximate surface area is 233 Å². The van der Waals surface area contributed by atoms with Gasteiger partial charge in [0.2, 0.25) is 0 Å². The fraction of sp³-hybridized carbons (Fsp3) is 0.531. The Morgan fingerprint density at radius 1 is 1.03 bits per heavy atom. The number of hydrogen-bond donors (Lipinski definition) is 1. The SMILES string of the molecule is CCN(CC)c1ccc(C2C3C(=O)CC(C)(C)CC3=Nc3ccccc3N2C(=S)NC2CCCCC2)cc1. The van der Waals surface area contributed by atoms with E-state index >= 15 is 0 Å². The second-order valence-corrected chi connectivity index (χ2v) is 12.3. The van der Waals surface area contributed by atoms with Crippen LogP contribution in [-0.2, 0) is 4.79 Å². The summed E-state index contributed by atoms with van der Waals surface area (Å²) in [6.07, 6.45) is 7.39. The van der Waals surface area contributed by atoms with Gasteiger partial charge in [-0.15, -0.1) is 0 Å². The molecule has 2 aliphatic carbocycles. The Morgan fingerprint density at radius 3 is 2.39 bits per heavy atom. The average molecular weight is 531 g/mol. The molecule has 2 saturated carbocycles. The van der Waals surface area contributed by atoms with Crippen molar-refractivity contribution in [3.8, 4) is 0 Å². The Kier molecular flexibility index (Phi) is 7.90. The first-order valence-electron chi connectivity index (χ1n) is 14.4. The maximum Gasteiger partial charge on any atom is 0.174 e. The molecule has 1 heterocycles. The standard InChI is InChI=1S/C32H42N4OS/c1-5-35(6-2)24-18-16-22(17-19-24)30-29-26(20-32(3,4)21-28(29)37)34-25-14-10-11-15-27(25)36(30)31(38)33-23-12-8-7-9-13-23/h10-11,14-19,23,29-30H,5-9,12-13,20-21H2,1-4H3,(H,33,38). The van der Waals surface area contributed by atoms with Gasteiger partial charge in [-0.3, -0.25) is 9.79 Å². The van der Waals surface area contributed by atoms with E-state index in [0.29, 0.717) is 17.6 Å². The Balaban J connectivity index is 1.63. The molecule has 202 valence electrons. The number of para-hydroxylation sites is 2. The van der Waals surface area contributed by atoms with Gasteiger partial charge in [-0.1, -0.05) is 57.4 Å². The average Bonchev–Trinajstić information content (AvgIpc) is 3.04. The summed E-state index contributed by atoms with van der Waals surface area (Å²) in [7, 11) is 0. The summed E-state index contributed by atoms with van der Waals surface area (Å²) in [5, 5.41) is 4.42. The topological polar surface area (TPSA) is 47.9 Å². The van der Waals surface area contributed by atoms with Gasteiger partial charge in [0.05, 0.1) is 23.3 Å². The summed E-state index contributed by atoms with van der Waals surface area (Å²) in [6, 6.07) is 17.2. The molecule has 38 heavy (non-hydrogen) atoms. The van der Waals surface area contributed by atoms with Gasteiger partial charge in [-0.25, -0.2) is 0 Å². The van der Waals surface area contributed by atoms with Crippen LogP contribution in [0.1, 0.15) is 84.2 Å². The summed E-state index contributed by atoms with van der Waals surface area (Å²) in [6.45, 7) is 10.6. The molecule has 3 aliphatic rings. The first-order chi connectivity index (χ1) is 18.3. The first kappa shape index (κ1) is 26.9. The van der Waals surface area contributed by atoms with Crippen molar-refractivity contribution in [2.75, 3.05) is 22.9 Å². The third-order valence-electron chi connectivity index (χ3n) is 8.53. The van der Waals surface area contributed by atoms with Gasteiger partial charge in [0.15, 0.2) is 5.11 Å². The van der Waals surface area contributed by atoms with Crippen LogP contribution in [0.3, 0.4) is 0 Å². The lowest BCUT2D eigenvalue weighted by Gasteiger charge is -2.42. The molecule has 2 fully saturated rings. The molecular weight excluding hydrogens is 488 g/mol. The van der Waals surface area contributed by atoms with E-state index < -0.39 is 0 Å². The summed E-state index contributed by atoms with van der Waals surface area (Å²) >= 11 is 6.19. The molecule has 0 amide bonds. The molecule has 6 heteroatoms. The monoisotopic (exact) mass is 530 g/mol. The lowest BCUT2D eigenvalue weighted by atomic mass is 9.68. The van der Waals surface area contributed by atoms with Gasteiger partial charge < -0.3 is 15.1 Å². The third kappa shape index (κ3) is 5.38. The highest BCUT2D eigenvalue weighted by Gasteiger charge is 2.47. The summed E-state index contributed by atoms with van der Waals surface area (Å²) in [4.78, 5) is 23.7. The number of benzene rings is 2.